The van der Waals surface area contributed by atoms with E-state index in [1.54, 1.807) is 11.5 Å². The minimum absolute atomic E-state index is 0.479. The summed E-state index contributed by atoms with van der Waals surface area (Å²) >= 11 is 1.51. The predicted octanol–water partition coefficient (Wildman–Crippen LogP) is 0.877. The summed E-state index contributed by atoms with van der Waals surface area (Å²) in [5.74, 6) is 1.57. The van der Waals surface area contributed by atoms with E-state index < -0.39 is 0 Å². The molecule has 9 heavy (non-hydrogen) atoms. The maximum absolute atomic E-state index is 9.64. The van der Waals surface area contributed by atoms with Crippen LogP contribution in [0.3, 0.4) is 0 Å². The van der Waals surface area contributed by atoms with E-state index in [9.17, 15) is 4.79 Å². The third kappa shape index (κ3) is 1.80. The molecule has 1 rings (SSSR count). The Morgan fingerprint density at radius 2 is 2.67 bits per heavy atom. The number of nitrogens with zero attached hydrogens (tertiary/aromatic N) is 1. The molecule has 1 heterocycles. The highest BCUT2D eigenvalue weighted by molar-refractivity contribution is 7.07. The molecule has 0 aliphatic heterocycles. The standard InChI is InChI=1S/C6H4NOS/c8-3-1-2-6-4-9-5-7-6/h4-5H,2H2. The van der Waals surface area contributed by atoms with Gasteiger partial charge in [-0.15, -0.1) is 11.3 Å². The molecule has 0 aliphatic carbocycles. The Morgan fingerprint density at radius 1 is 1.78 bits per heavy atom. The van der Waals surface area contributed by atoms with Gasteiger partial charge in [0.1, 0.15) is 5.94 Å². The zero-order chi connectivity index (χ0) is 6.53. The van der Waals surface area contributed by atoms with Crippen molar-refractivity contribution in [3.8, 4) is 0 Å². The fourth-order valence-electron chi connectivity index (χ4n) is 0.451. The van der Waals surface area contributed by atoms with Gasteiger partial charge in [-0.1, -0.05) is 0 Å². The molecule has 0 unspecified atom stereocenters. The molecule has 1 aromatic rings. The molecule has 45 valence electrons. The van der Waals surface area contributed by atoms with Gasteiger partial charge in [0.2, 0.25) is 0 Å². The summed E-state index contributed by atoms with van der Waals surface area (Å²) in [6.07, 6.45) is 2.87. The second kappa shape index (κ2) is 3.17. The molecule has 0 N–H and O–H groups in total. The van der Waals surface area contributed by atoms with Crippen molar-refractivity contribution in [2.45, 2.75) is 6.42 Å². The van der Waals surface area contributed by atoms with Crippen molar-refractivity contribution in [1.82, 2.24) is 4.98 Å². The first kappa shape index (κ1) is 6.20. The average molecular weight is 138 g/mol. The fourth-order valence-corrected chi connectivity index (χ4v) is 1.01. The van der Waals surface area contributed by atoms with Gasteiger partial charge in [-0.05, 0) is 0 Å². The van der Waals surface area contributed by atoms with Crippen molar-refractivity contribution in [2.75, 3.05) is 0 Å². The molecule has 0 fully saturated rings. The van der Waals surface area contributed by atoms with Gasteiger partial charge in [0.25, 0.3) is 0 Å². The molecule has 0 aliphatic rings. The van der Waals surface area contributed by atoms with Gasteiger partial charge in [0, 0.05) is 11.8 Å². The third-order valence-electron chi connectivity index (χ3n) is 0.825. The lowest BCUT2D eigenvalue weighted by molar-refractivity contribution is 0.567. The van der Waals surface area contributed by atoms with Crippen molar-refractivity contribution in [2.24, 2.45) is 0 Å². The lowest BCUT2D eigenvalue weighted by atomic mass is 10.3. The minimum Gasteiger partial charge on any atom is -0.249 e. The Kier molecular flexibility index (Phi) is 2.19. The van der Waals surface area contributed by atoms with Crippen LogP contribution in [0.15, 0.2) is 10.9 Å². The molecule has 3 heteroatoms. The maximum Gasteiger partial charge on any atom is 0.129 e. The van der Waals surface area contributed by atoms with Gasteiger partial charge in [-0.2, -0.15) is 0 Å². The Balaban J connectivity index is 2.57. The smallest absolute Gasteiger partial charge is 0.129 e. The summed E-state index contributed by atoms with van der Waals surface area (Å²) in [4.78, 5) is 13.6. The molecule has 1 radical (unpaired) electrons. The lowest BCUT2D eigenvalue weighted by Gasteiger charge is -1.78. The second-order valence-corrected chi connectivity index (χ2v) is 2.15. The van der Waals surface area contributed by atoms with Crippen LogP contribution in [-0.4, -0.2) is 10.9 Å². The van der Waals surface area contributed by atoms with Crippen molar-refractivity contribution in [1.29, 1.82) is 0 Å². The fraction of sp³-hybridized carbons (Fsp3) is 0.167. The second-order valence-electron chi connectivity index (χ2n) is 1.44. The van der Waals surface area contributed by atoms with E-state index in [2.05, 4.69) is 11.1 Å². The third-order valence-corrected chi connectivity index (χ3v) is 1.46. The Labute approximate surface area is 56.9 Å². The maximum atomic E-state index is 9.64. The zero-order valence-electron chi connectivity index (χ0n) is 4.63. The Morgan fingerprint density at radius 3 is 3.22 bits per heavy atom. The van der Waals surface area contributed by atoms with Crippen LogP contribution in [0.2, 0.25) is 0 Å². The highest BCUT2D eigenvalue weighted by Gasteiger charge is 1.88. The van der Waals surface area contributed by atoms with Crippen molar-refractivity contribution in [3.05, 3.63) is 22.7 Å². The number of allylic oxidation sites excluding steroid dienone is 1. The van der Waals surface area contributed by atoms with Crippen LogP contribution in [0.25, 0.3) is 0 Å². The normalized spacial score (nSPS) is 8.44. The van der Waals surface area contributed by atoms with Crippen LogP contribution in [0.1, 0.15) is 5.69 Å². The van der Waals surface area contributed by atoms with Gasteiger partial charge in [-0.3, -0.25) is 0 Å². The molecule has 2 nitrogen and oxygen atoms in total. The summed E-state index contributed by atoms with van der Waals surface area (Å²) in [5.41, 5.74) is 2.60. The number of hydrogen-bond acceptors (Lipinski definition) is 3. The summed E-state index contributed by atoms with van der Waals surface area (Å²) in [5, 5.41) is 1.88. The molecule has 0 aromatic carbocycles. The molecule has 0 spiro atoms. The van der Waals surface area contributed by atoms with Crippen LogP contribution in [0, 0.1) is 6.08 Å². The van der Waals surface area contributed by atoms with Gasteiger partial charge in [0.15, 0.2) is 0 Å². The molecule has 0 bridgehead atoms. The molecular formula is C6H4NOS. The lowest BCUT2D eigenvalue weighted by Crippen LogP contribution is -1.78. The van der Waals surface area contributed by atoms with Gasteiger partial charge >= 0.3 is 0 Å². The molecule has 0 amide bonds. The first-order valence-corrected chi connectivity index (χ1v) is 3.35. The number of aromatic nitrogens is 1. The summed E-state index contributed by atoms with van der Waals surface area (Å²) in [6.45, 7) is 0. The quantitative estimate of drug-likeness (QED) is 0.568. The van der Waals surface area contributed by atoms with E-state index in [1.165, 1.54) is 11.3 Å². The van der Waals surface area contributed by atoms with E-state index >= 15 is 0 Å². The first-order valence-electron chi connectivity index (χ1n) is 2.40. The van der Waals surface area contributed by atoms with Crippen LogP contribution in [0.4, 0.5) is 0 Å². The predicted molar refractivity (Wildman–Crippen MR) is 34.8 cm³/mol. The van der Waals surface area contributed by atoms with Crippen LogP contribution in [0.5, 0.6) is 0 Å². The topological polar surface area (TPSA) is 30.0 Å². The molecule has 0 atom stereocenters. The SMILES string of the molecule is O=C=[C]Cc1cscn1. The van der Waals surface area contributed by atoms with Crippen molar-refractivity contribution >= 4 is 17.3 Å². The summed E-state index contributed by atoms with van der Waals surface area (Å²) < 4.78 is 0. The van der Waals surface area contributed by atoms with E-state index in [0.29, 0.717) is 6.42 Å². The zero-order valence-corrected chi connectivity index (χ0v) is 5.44. The number of hydrogen-bond donors (Lipinski definition) is 0. The number of carbonyl (C=O) groups excluding carboxylic acids is 1. The summed E-state index contributed by atoms with van der Waals surface area (Å²) in [7, 11) is 0. The van der Waals surface area contributed by atoms with Crippen LogP contribution in [-0.2, 0) is 11.2 Å². The molecule has 0 saturated heterocycles. The molecule has 0 saturated carbocycles. The van der Waals surface area contributed by atoms with E-state index in [-0.39, 0.29) is 0 Å². The monoisotopic (exact) mass is 138 g/mol. The van der Waals surface area contributed by atoms with Gasteiger partial charge < -0.3 is 0 Å². The minimum atomic E-state index is 0.479. The van der Waals surface area contributed by atoms with Gasteiger partial charge in [-0.25, -0.2) is 9.78 Å². The van der Waals surface area contributed by atoms with Crippen LogP contribution >= 0.6 is 11.3 Å². The van der Waals surface area contributed by atoms with Crippen molar-refractivity contribution < 1.29 is 4.79 Å². The van der Waals surface area contributed by atoms with E-state index in [0.717, 1.165) is 5.69 Å². The van der Waals surface area contributed by atoms with E-state index in [4.69, 9.17) is 0 Å². The molecule has 1 aromatic heterocycles. The molecular weight excluding hydrogens is 134 g/mol. The van der Waals surface area contributed by atoms with Crippen LogP contribution < -0.4 is 0 Å². The van der Waals surface area contributed by atoms with Gasteiger partial charge in [0.05, 0.1) is 17.3 Å². The van der Waals surface area contributed by atoms with Crippen molar-refractivity contribution in [3.63, 3.8) is 0 Å². The average Bonchev–Trinajstić information content (AvgIpc) is 2.34. The first-order chi connectivity index (χ1) is 4.43. The van der Waals surface area contributed by atoms with E-state index in [1.807, 2.05) is 5.38 Å². The number of rotatable bonds is 2. The summed E-state index contributed by atoms with van der Waals surface area (Å²) in [6, 6.07) is 0. The Hall–Kier alpha value is -0.920. The number of thiazole rings is 1. The highest BCUT2D eigenvalue weighted by atomic mass is 32.1. The highest BCUT2D eigenvalue weighted by Crippen LogP contribution is 2.00. The largest absolute Gasteiger partial charge is 0.249 e. The Bertz CT molecular complexity index is 211.